The molecule has 3 aliphatic heterocycles. The summed E-state index contributed by atoms with van der Waals surface area (Å²) >= 11 is 1.77. The summed E-state index contributed by atoms with van der Waals surface area (Å²) < 4.78 is 0. The Hall–Kier alpha value is -1.38. The zero-order chi connectivity index (χ0) is 18.2. The Morgan fingerprint density at radius 3 is 2.71 bits per heavy atom. The van der Waals surface area contributed by atoms with Crippen molar-refractivity contribution in [3.63, 3.8) is 0 Å². The number of nitrogens with zero attached hydrogens (tertiary/aromatic N) is 4. The first kappa shape index (κ1) is 18.6. The van der Waals surface area contributed by atoms with Crippen LogP contribution in [-0.2, 0) is 11.2 Å². The third-order valence-corrected chi connectivity index (χ3v) is 8.23. The van der Waals surface area contributed by atoms with Crippen LogP contribution in [0.4, 0.5) is 5.82 Å². The van der Waals surface area contributed by atoms with Crippen LogP contribution >= 0.6 is 24.8 Å². The highest BCUT2D eigenvalue weighted by Gasteiger charge is 2.56. The summed E-state index contributed by atoms with van der Waals surface area (Å²) in [5.74, 6) is 1.40. The van der Waals surface area contributed by atoms with Crippen molar-refractivity contribution in [2.45, 2.75) is 38.6 Å². The van der Waals surface area contributed by atoms with E-state index in [-0.39, 0.29) is 25.0 Å². The van der Waals surface area contributed by atoms with Gasteiger partial charge in [0.2, 0.25) is 5.91 Å². The highest BCUT2D eigenvalue weighted by atomic mass is 32.1. The zero-order valence-electron chi connectivity index (χ0n) is 16.2. The quantitative estimate of drug-likeness (QED) is 0.829. The number of rotatable bonds is 3. The molecule has 0 unspecified atom stereocenters. The van der Waals surface area contributed by atoms with Crippen LogP contribution in [0.15, 0.2) is 12.4 Å². The van der Waals surface area contributed by atoms with E-state index in [0.717, 1.165) is 56.2 Å². The number of aryl methyl sites for hydroxylation is 1. The van der Waals surface area contributed by atoms with Gasteiger partial charge in [-0.3, -0.25) is 4.79 Å². The van der Waals surface area contributed by atoms with Crippen LogP contribution < -0.4 is 10.2 Å². The lowest BCUT2D eigenvalue weighted by Gasteiger charge is -2.60. The maximum atomic E-state index is 12.8. The number of carbonyl (C=O) groups excluding carboxylic acids is 1. The van der Waals surface area contributed by atoms with Gasteiger partial charge >= 0.3 is 0 Å². The minimum absolute atomic E-state index is 0. The van der Waals surface area contributed by atoms with Gasteiger partial charge < -0.3 is 15.1 Å². The second-order valence-corrected chi connectivity index (χ2v) is 10.3. The molecular formula is C20H27N5OS2. The molecule has 1 atom stereocenters. The summed E-state index contributed by atoms with van der Waals surface area (Å²) in [6, 6.07) is 2.32. The number of hydrogen-bond acceptors (Lipinski definition) is 6. The third kappa shape index (κ3) is 2.75. The van der Waals surface area contributed by atoms with Gasteiger partial charge in [-0.05, 0) is 37.2 Å². The number of carbonyl (C=O) groups is 1. The molecule has 4 fully saturated rings. The number of anilines is 1. The van der Waals surface area contributed by atoms with E-state index in [0.29, 0.717) is 11.3 Å². The molecular weight excluding hydrogens is 390 g/mol. The predicted octanol–water partition coefficient (Wildman–Crippen LogP) is 2.16. The molecule has 1 saturated carbocycles. The first-order valence-electron chi connectivity index (χ1n) is 10.1. The van der Waals surface area contributed by atoms with E-state index in [9.17, 15) is 4.79 Å². The highest BCUT2D eigenvalue weighted by Crippen LogP contribution is 2.52. The van der Waals surface area contributed by atoms with Gasteiger partial charge in [0.1, 0.15) is 17.0 Å². The summed E-state index contributed by atoms with van der Waals surface area (Å²) in [6.07, 6.45) is 6.39. The maximum absolute atomic E-state index is 12.8. The summed E-state index contributed by atoms with van der Waals surface area (Å²) in [5, 5.41) is 4.65. The lowest BCUT2D eigenvalue weighted by Crippen LogP contribution is -2.74. The molecule has 3 saturated heterocycles. The number of fused-ring (bicyclic) bond motifs is 1. The van der Waals surface area contributed by atoms with Gasteiger partial charge in [0.25, 0.3) is 0 Å². The third-order valence-electron chi connectivity index (χ3n) is 7.04. The van der Waals surface area contributed by atoms with Gasteiger partial charge in [-0.1, -0.05) is 6.92 Å². The Morgan fingerprint density at radius 1 is 1.25 bits per heavy atom. The average molecular weight is 418 g/mol. The number of nitrogens with one attached hydrogen (secondary N) is 1. The largest absolute Gasteiger partial charge is 0.354 e. The van der Waals surface area contributed by atoms with Crippen molar-refractivity contribution in [1.29, 1.82) is 0 Å². The molecule has 8 heteroatoms. The van der Waals surface area contributed by atoms with Gasteiger partial charge in [0.05, 0.1) is 11.4 Å². The van der Waals surface area contributed by atoms with E-state index in [1.165, 1.54) is 23.1 Å². The number of hydrogen-bond donors (Lipinski definition) is 1. The minimum Gasteiger partial charge on any atom is -0.354 e. The van der Waals surface area contributed by atoms with Crippen molar-refractivity contribution in [1.82, 2.24) is 20.2 Å². The molecule has 0 aromatic carbocycles. The fraction of sp³-hybridized carbons (Fsp3) is 0.650. The summed E-state index contributed by atoms with van der Waals surface area (Å²) in [5.41, 5.74) is 0.763. The van der Waals surface area contributed by atoms with Crippen molar-refractivity contribution in [2.24, 2.45) is 10.8 Å². The van der Waals surface area contributed by atoms with Crippen molar-refractivity contribution >= 4 is 46.8 Å². The number of likely N-dealkylation sites (tertiary alicyclic amines) is 1. The fourth-order valence-corrected chi connectivity index (χ4v) is 6.15. The van der Waals surface area contributed by atoms with E-state index < -0.39 is 0 Å². The van der Waals surface area contributed by atoms with E-state index in [1.54, 1.807) is 17.7 Å². The lowest BCUT2D eigenvalue weighted by atomic mass is 9.72. The summed E-state index contributed by atoms with van der Waals surface area (Å²) in [4.78, 5) is 28.7. The maximum Gasteiger partial charge on any atom is 0.239 e. The molecule has 1 N–H and O–H groups in total. The molecule has 0 bridgehead atoms. The van der Waals surface area contributed by atoms with Crippen LogP contribution in [0.3, 0.4) is 0 Å². The Labute approximate surface area is 176 Å². The van der Waals surface area contributed by atoms with Gasteiger partial charge in [0.15, 0.2) is 0 Å². The van der Waals surface area contributed by atoms with Crippen molar-refractivity contribution in [3.05, 3.63) is 17.3 Å². The minimum atomic E-state index is 0. The van der Waals surface area contributed by atoms with Crippen LogP contribution in [0.1, 0.15) is 31.1 Å². The molecule has 4 aliphatic rings. The van der Waals surface area contributed by atoms with Gasteiger partial charge in [-0.25, -0.2) is 9.97 Å². The average Bonchev–Trinajstić information content (AvgIpc) is 3.03. The van der Waals surface area contributed by atoms with Gasteiger partial charge in [0, 0.05) is 43.0 Å². The van der Waals surface area contributed by atoms with Crippen LogP contribution in [0.2, 0.25) is 0 Å². The predicted molar refractivity (Wildman–Crippen MR) is 116 cm³/mol. The molecule has 1 aliphatic carbocycles. The standard InChI is InChI=1S/C20H25N5OS.H2S/c1-2-13-5-14-16(22-12-23-17(14)27-13)24-8-20(9-24)10-25(11-20)18(26)15-6-19(3-4-19)7-21-15;/h5,12,15,21H,2-4,6-11H2,1H3;1H2/t15-;/m0./s1. The molecule has 2 aromatic rings. The number of thiophene rings is 1. The Morgan fingerprint density at radius 2 is 2.04 bits per heavy atom. The van der Waals surface area contributed by atoms with Gasteiger partial charge in [-0.2, -0.15) is 13.5 Å². The van der Waals surface area contributed by atoms with Gasteiger partial charge in [-0.15, -0.1) is 11.3 Å². The van der Waals surface area contributed by atoms with Crippen LogP contribution in [0.25, 0.3) is 10.2 Å². The molecule has 5 heterocycles. The Bertz CT molecular complexity index is 926. The molecule has 2 spiro atoms. The van der Waals surface area contributed by atoms with Crippen LogP contribution in [0.5, 0.6) is 0 Å². The molecule has 2 aromatic heterocycles. The molecule has 6 nitrogen and oxygen atoms in total. The number of amides is 1. The number of aromatic nitrogens is 2. The van der Waals surface area contributed by atoms with Crippen molar-refractivity contribution in [2.75, 3.05) is 37.6 Å². The first-order valence-corrected chi connectivity index (χ1v) is 10.9. The van der Waals surface area contributed by atoms with Crippen LogP contribution in [0, 0.1) is 10.8 Å². The second-order valence-electron chi connectivity index (χ2n) is 9.17. The van der Waals surface area contributed by atoms with Crippen molar-refractivity contribution in [3.8, 4) is 0 Å². The molecule has 28 heavy (non-hydrogen) atoms. The fourth-order valence-electron chi connectivity index (χ4n) is 5.22. The molecule has 0 radical (unpaired) electrons. The molecule has 1 amide bonds. The van der Waals surface area contributed by atoms with E-state index in [4.69, 9.17) is 0 Å². The monoisotopic (exact) mass is 417 g/mol. The smallest absolute Gasteiger partial charge is 0.239 e. The Balaban J connectivity index is 0.00000171. The second kappa shape index (κ2) is 6.31. The highest BCUT2D eigenvalue weighted by molar-refractivity contribution is 7.59. The SMILES string of the molecule is CCc1cc2c(N3CC4(CN(C(=O)[C@@H]5CC6(CC6)CN5)C4)C3)ncnc2s1.S. The van der Waals surface area contributed by atoms with E-state index in [1.807, 2.05) is 0 Å². The van der Waals surface area contributed by atoms with Crippen LogP contribution in [-0.4, -0.2) is 59.5 Å². The zero-order valence-corrected chi connectivity index (χ0v) is 18.0. The first-order chi connectivity index (χ1) is 13.1. The molecule has 150 valence electrons. The normalized spacial score (nSPS) is 26.2. The topological polar surface area (TPSA) is 61.4 Å². The summed E-state index contributed by atoms with van der Waals surface area (Å²) in [6.45, 7) is 7.04. The molecule has 6 rings (SSSR count). The van der Waals surface area contributed by atoms with E-state index >= 15 is 0 Å². The Kier molecular flexibility index (Phi) is 4.20. The van der Waals surface area contributed by atoms with E-state index in [2.05, 4.69) is 38.1 Å². The lowest BCUT2D eigenvalue weighted by molar-refractivity contribution is -0.147. The summed E-state index contributed by atoms with van der Waals surface area (Å²) in [7, 11) is 0. The van der Waals surface area contributed by atoms with Crippen molar-refractivity contribution < 1.29 is 4.79 Å².